The molecule has 0 aliphatic rings. The number of para-hydroxylation sites is 3. The Kier molecular flexibility index (Phi) is 4.44. The van der Waals surface area contributed by atoms with Crippen LogP contribution in [0.4, 0.5) is 0 Å². The topological polar surface area (TPSA) is 72.7 Å². The minimum absolute atomic E-state index is 0.00432. The zero-order valence-electron chi connectivity index (χ0n) is 15.9. The maximum absolute atomic E-state index is 12.4. The van der Waals surface area contributed by atoms with E-state index in [0.717, 1.165) is 43.8 Å². The molecule has 29 heavy (non-hydrogen) atoms. The number of hydrogen-bond donors (Lipinski definition) is 1. The lowest BCUT2D eigenvalue weighted by atomic mass is 10.2. The fraction of sp³-hybridized carbons (Fsp3) is 0.182. The lowest BCUT2D eigenvalue weighted by Crippen LogP contribution is -2.24. The van der Waals surface area contributed by atoms with Gasteiger partial charge in [0.25, 0.3) is 0 Å². The largest absolute Gasteiger partial charge is 0.350 e. The first kappa shape index (κ1) is 17.8. The molecule has 1 amide bonds. The van der Waals surface area contributed by atoms with E-state index in [-0.39, 0.29) is 5.91 Å². The summed E-state index contributed by atoms with van der Waals surface area (Å²) in [7, 11) is 0. The predicted octanol–water partition coefficient (Wildman–Crippen LogP) is 4.21. The van der Waals surface area contributed by atoms with Crippen molar-refractivity contribution in [3.8, 4) is 0 Å². The zero-order valence-corrected chi connectivity index (χ0v) is 16.7. The van der Waals surface area contributed by atoms with Crippen molar-refractivity contribution in [2.24, 2.45) is 0 Å². The summed E-state index contributed by atoms with van der Waals surface area (Å²) in [6.45, 7) is 2.96. The molecule has 0 atom stereocenters. The Morgan fingerprint density at radius 3 is 2.59 bits per heavy atom. The van der Waals surface area contributed by atoms with Crippen molar-refractivity contribution in [1.29, 1.82) is 0 Å². The molecule has 6 nitrogen and oxygen atoms in total. The smallest absolute Gasteiger partial charge is 0.222 e. The van der Waals surface area contributed by atoms with Crippen molar-refractivity contribution >= 4 is 50.3 Å². The third-order valence-electron chi connectivity index (χ3n) is 4.95. The van der Waals surface area contributed by atoms with E-state index >= 15 is 0 Å². The highest BCUT2D eigenvalue weighted by Gasteiger charge is 2.15. The molecule has 144 valence electrons. The molecule has 1 N–H and O–H groups in total. The molecule has 2 aromatic carbocycles. The average molecular weight is 401 g/mol. The quantitative estimate of drug-likeness (QED) is 0.479. The van der Waals surface area contributed by atoms with Gasteiger partial charge in [0, 0.05) is 23.7 Å². The van der Waals surface area contributed by atoms with Crippen LogP contribution in [-0.2, 0) is 17.9 Å². The lowest BCUT2D eigenvalue weighted by Gasteiger charge is -2.07. The van der Waals surface area contributed by atoms with Crippen molar-refractivity contribution in [2.75, 3.05) is 0 Å². The summed E-state index contributed by atoms with van der Waals surface area (Å²) >= 11 is 1.59. The predicted molar refractivity (Wildman–Crippen MR) is 116 cm³/mol. The second-order valence-electron chi connectivity index (χ2n) is 6.94. The standard InChI is InChI=1S/C22H19N5OS/c1-14-24-15(13-29-14)12-23-20(28)10-11-27-19-9-5-2-6-16(19)21-22(27)26-18-8-4-3-7-17(18)25-21/h2-9,13H,10-12H2,1H3,(H,23,28). The molecule has 0 radical (unpaired) electrons. The van der Waals surface area contributed by atoms with Crippen LogP contribution in [0.1, 0.15) is 17.1 Å². The minimum Gasteiger partial charge on any atom is -0.350 e. The molecule has 0 saturated heterocycles. The number of nitrogens with one attached hydrogen (secondary N) is 1. The Morgan fingerprint density at radius 2 is 1.79 bits per heavy atom. The second kappa shape index (κ2) is 7.25. The van der Waals surface area contributed by atoms with E-state index in [1.165, 1.54) is 0 Å². The van der Waals surface area contributed by atoms with Crippen molar-refractivity contribution in [3.05, 3.63) is 64.6 Å². The van der Waals surface area contributed by atoms with Crippen molar-refractivity contribution in [3.63, 3.8) is 0 Å². The van der Waals surface area contributed by atoms with E-state index in [0.29, 0.717) is 19.5 Å². The molecule has 0 aliphatic heterocycles. The molecule has 0 fully saturated rings. The van der Waals surface area contributed by atoms with Crippen molar-refractivity contribution in [1.82, 2.24) is 24.8 Å². The number of hydrogen-bond acceptors (Lipinski definition) is 5. The first-order valence-electron chi connectivity index (χ1n) is 9.50. The van der Waals surface area contributed by atoms with E-state index in [2.05, 4.69) is 27.0 Å². The molecule has 0 unspecified atom stereocenters. The molecule has 5 rings (SSSR count). The summed E-state index contributed by atoms with van der Waals surface area (Å²) in [5, 5.41) is 6.99. The van der Waals surface area contributed by atoms with Crippen LogP contribution in [0.15, 0.2) is 53.9 Å². The highest BCUT2D eigenvalue weighted by Crippen LogP contribution is 2.28. The van der Waals surface area contributed by atoms with Gasteiger partial charge in [-0.25, -0.2) is 15.0 Å². The highest BCUT2D eigenvalue weighted by molar-refractivity contribution is 7.09. The zero-order chi connectivity index (χ0) is 19.8. The number of nitrogens with zero attached hydrogens (tertiary/aromatic N) is 4. The Morgan fingerprint density at radius 1 is 1.03 bits per heavy atom. The number of amides is 1. The fourth-order valence-electron chi connectivity index (χ4n) is 3.59. The number of benzene rings is 2. The Balaban J connectivity index is 1.45. The third-order valence-corrected chi connectivity index (χ3v) is 5.78. The Hall–Kier alpha value is -3.32. The monoisotopic (exact) mass is 401 g/mol. The number of carbonyl (C=O) groups excluding carboxylic acids is 1. The van der Waals surface area contributed by atoms with E-state index in [4.69, 9.17) is 9.97 Å². The molecular weight excluding hydrogens is 382 g/mol. The van der Waals surface area contributed by atoms with Crippen LogP contribution in [0, 0.1) is 6.92 Å². The van der Waals surface area contributed by atoms with Gasteiger partial charge in [0.05, 0.1) is 33.8 Å². The maximum Gasteiger partial charge on any atom is 0.222 e. The van der Waals surface area contributed by atoms with Crippen molar-refractivity contribution < 1.29 is 4.79 Å². The van der Waals surface area contributed by atoms with Crippen LogP contribution in [0.3, 0.4) is 0 Å². The van der Waals surface area contributed by atoms with E-state index in [9.17, 15) is 4.79 Å². The van der Waals surface area contributed by atoms with E-state index in [1.54, 1.807) is 11.3 Å². The van der Waals surface area contributed by atoms with Gasteiger partial charge in [-0.2, -0.15) is 0 Å². The van der Waals surface area contributed by atoms with Crippen LogP contribution in [0.25, 0.3) is 33.1 Å². The maximum atomic E-state index is 12.4. The summed E-state index contributed by atoms with van der Waals surface area (Å²) in [5.74, 6) is -0.00432. The number of thiazole rings is 1. The third kappa shape index (κ3) is 3.34. The van der Waals surface area contributed by atoms with Gasteiger partial charge in [-0.05, 0) is 25.1 Å². The molecule has 0 spiro atoms. The van der Waals surface area contributed by atoms with Gasteiger partial charge in [-0.1, -0.05) is 30.3 Å². The van der Waals surface area contributed by atoms with Gasteiger partial charge in [0.1, 0.15) is 5.52 Å². The number of aromatic nitrogens is 4. The molecular formula is C22H19N5OS. The number of aryl methyl sites for hydroxylation is 2. The SMILES string of the molecule is Cc1nc(CNC(=O)CCn2c3ccccc3c3nc4ccccc4nc32)cs1. The molecule has 0 aliphatic carbocycles. The Labute approximate surface area is 171 Å². The minimum atomic E-state index is -0.00432. The normalized spacial score (nSPS) is 11.5. The first-order chi connectivity index (χ1) is 14.2. The van der Waals surface area contributed by atoms with E-state index in [1.807, 2.05) is 48.7 Å². The van der Waals surface area contributed by atoms with Crippen LogP contribution in [0.5, 0.6) is 0 Å². The average Bonchev–Trinajstić information content (AvgIpc) is 3.30. The van der Waals surface area contributed by atoms with Gasteiger partial charge in [0.15, 0.2) is 5.65 Å². The van der Waals surface area contributed by atoms with Crippen LogP contribution < -0.4 is 5.32 Å². The molecule has 5 aromatic rings. The second-order valence-corrected chi connectivity index (χ2v) is 8.00. The number of carbonyl (C=O) groups is 1. The molecule has 0 bridgehead atoms. The summed E-state index contributed by atoms with van der Waals surface area (Å²) < 4.78 is 2.09. The molecule has 3 aromatic heterocycles. The number of rotatable bonds is 5. The van der Waals surface area contributed by atoms with Crippen LogP contribution in [0.2, 0.25) is 0 Å². The molecule has 0 saturated carbocycles. The molecule has 7 heteroatoms. The highest BCUT2D eigenvalue weighted by atomic mass is 32.1. The Bertz CT molecular complexity index is 1350. The fourth-order valence-corrected chi connectivity index (χ4v) is 4.20. The first-order valence-corrected chi connectivity index (χ1v) is 10.4. The van der Waals surface area contributed by atoms with Gasteiger partial charge in [-0.3, -0.25) is 4.79 Å². The van der Waals surface area contributed by atoms with Gasteiger partial charge >= 0.3 is 0 Å². The van der Waals surface area contributed by atoms with Crippen LogP contribution in [-0.4, -0.2) is 25.4 Å². The number of fused-ring (bicyclic) bond motifs is 4. The summed E-state index contributed by atoms with van der Waals surface area (Å²) in [4.78, 5) is 26.5. The van der Waals surface area contributed by atoms with Crippen LogP contribution >= 0.6 is 11.3 Å². The van der Waals surface area contributed by atoms with Gasteiger partial charge < -0.3 is 9.88 Å². The summed E-state index contributed by atoms with van der Waals surface area (Å²) in [6, 6.07) is 16.0. The summed E-state index contributed by atoms with van der Waals surface area (Å²) in [6.07, 6.45) is 0.366. The van der Waals surface area contributed by atoms with E-state index < -0.39 is 0 Å². The van der Waals surface area contributed by atoms with Gasteiger partial charge in [0.2, 0.25) is 5.91 Å². The van der Waals surface area contributed by atoms with Crippen molar-refractivity contribution in [2.45, 2.75) is 26.4 Å². The molecule has 3 heterocycles. The lowest BCUT2D eigenvalue weighted by molar-refractivity contribution is -0.121. The summed E-state index contributed by atoms with van der Waals surface area (Å²) in [5.41, 5.74) is 5.35. The van der Waals surface area contributed by atoms with Gasteiger partial charge in [-0.15, -0.1) is 11.3 Å².